The van der Waals surface area contributed by atoms with Crippen molar-refractivity contribution >= 4 is 5.91 Å². The number of carbonyl (C=O) groups excluding carboxylic acids is 1. The van der Waals surface area contributed by atoms with E-state index in [0.29, 0.717) is 18.9 Å². The maximum atomic E-state index is 12.1. The summed E-state index contributed by atoms with van der Waals surface area (Å²) in [6.07, 6.45) is 3.57. The topological polar surface area (TPSA) is 46.3 Å². The molecule has 0 aromatic heterocycles. The van der Waals surface area contributed by atoms with E-state index in [1.54, 1.807) is 0 Å². The van der Waals surface area contributed by atoms with Gasteiger partial charge in [0.15, 0.2) is 0 Å². The molecule has 1 heterocycles. The Morgan fingerprint density at radius 2 is 1.95 bits per heavy atom. The van der Waals surface area contributed by atoms with E-state index in [0.717, 1.165) is 25.8 Å². The van der Waals surface area contributed by atoms with Gasteiger partial charge in [-0.15, -0.1) is 0 Å². The van der Waals surface area contributed by atoms with Gasteiger partial charge in [0, 0.05) is 31.5 Å². The van der Waals surface area contributed by atoms with Crippen molar-refractivity contribution in [2.45, 2.75) is 51.5 Å². The van der Waals surface area contributed by atoms with Crippen molar-refractivity contribution in [3.63, 3.8) is 0 Å². The number of rotatable bonds is 4. The fourth-order valence-electron chi connectivity index (χ4n) is 2.98. The highest BCUT2D eigenvalue weighted by atomic mass is 16.2. The summed E-state index contributed by atoms with van der Waals surface area (Å²) in [7, 11) is 0. The minimum atomic E-state index is 0.0976. The van der Waals surface area contributed by atoms with Crippen LogP contribution in [0.15, 0.2) is 24.3 Å². The second-order valence-electron chi connectivity index (χ2n) is 5.84. The lowest BCUT2D eigenvalue weighted by Crippen LogP contribution is -2.48. The molecule has 0 saturated carbocycles. The number of amides is 1. The maximum absolute atomic E-state index is 12.1. The molecule has 2 rings (SSSR count). The Morgan fingerprint density at radius 3 is 2.55 bits per heavy atom. The number of piperidine rings is 1. The zero-order chi connectivity index (χ0) is 14.5. The third-order valence-corrected chi connectivity index (χ3v) is 4.16. The zero-order valence-electron chi connectivity index (χ0n) is 12.6. The van der Waals surface area contributed by atoms with Gasteiger partial charge < -0.3 is 10.6 Å². The summed E-state index contributed by atoms with van der Waals surface area (Å²) < 4.78 is 0. The van der Waals surface area contributed by atoms with Crippen LogP contribution in [0.2, 0.25) is 0 Å². The Morgan fingerprint density at radius 1 is 1.25 bits per heavy atom. The van der Waals surface area contributed by atoms with Crippen LogP contribution in [0.25, 0.3) is 0 Å². The van der Waals surface area contributed by atoms with Gasteiger partial charge in [0.25, 0.3) is 0 Å². The number of benzene rings is 1. The summed E-state index contributed by atoms with van der Waals surface area (Å²) in [4.78, 5) is 14.0. The molecule has 2 N–H and O–H groups in total. The van der Waals surface area contributed by atoms with Crippen LogP contribution in [0.5, 0.6) is 0 Å². The van der Waals surface area contributed by atoms with E-state index >= 15 is 0 Å². The van der Waals surface area contributed by atoms with E-state index in [2.05, 4.69) is 31.2 Å². The minimum absolute atomic E-state index is 0.0976. The van der Waals surface area contributed by atoms with Gasteiger partial charge in [-0.1, -0.05) is 38.1 Å². The number of hydrogen-bond donors (Lipinski definition) is 1. The highest BCUT2D eigenvalue weighted by Crippen LogP contribution is 2.27. The first kappa shape index (κ1) is 15.0. The number of likely N-dealkylation sites (tertiary alicyclic amines) is 1. The predicted octanol–water partition coefficient (Wildman–Crippen LogP) is 2.69. The monoisotopic (exact) mass is 274 g/mol. The van der Waals surface area contributed by atoms with Gasteiger partial charge in [-0.25, -0.2) is 0 Å². The fraction of sp³-hybridized carbons (Fsp3) is 0.588. The lowest BCUT2D eigenvalue weighted by molar-refractivity contribution is -0.132. The van der Waals surface area contributed by atoms with Crippen LogP contribution < -0.4 is 5.73 Å². The summed E-state index contributed by atoms with van der Waals surface area (Å²) >= 11 is 0. The minimum Gasteiger partial charge on any atom is -0.341 e. The Kier molecular flexibility index (Phi) is 5.18. The molecule has 0 radical (unpaired) electrons. The van der Waals surface area contributed by atoms with Crippen LogP contribution in [0.1, 0.15) is 50.2 Å². The highest BCUT2D eigenvalue weighted by molar-refractivity contribution is 5.76. The molecule has 1 aromatic carbocycles. The zero-order valence-corrected chi connectivity index (χ0v) is 12.6. The van der Waals surface area contributed by atoms with E-state index in [4.69, 9.17) is 5.73 Å². The molecule has 0 aliphatic carbocycles. The second kappa shape index (κ2) is 6.89. The first-order valence-corrected chi connectivity index (χ1v) is 7.76. The molecule has 3 heteroatoms. The summed E-state index contributed by atoms with van der Waals surface area (Å²) in [5, 5.41) is 0. The normalized spacial score (nSPS) is 22.9. The molecule has 20 heavy (non-hydrogen) atoms. The van der Waals surface area contributed by atoms with E-state index in [1.165, 1.54) is 11.1 Å². The van der Waals surface area contributed by atoms with Gasteiger partial charge >= 0.3 is 0 Å². The van der Waals surface area contributed by atoms with Crippen molar-refractivity contribution in [3.05, 3.63) is 35.4 Å². The van der Waals surface area contributed by atoms with Gasteiger partial charge in [0.2, 0.25) is 5.91 Å². The average Bonchev–Trinajstić information content (AvgIpc) is 2.47. The Balaban J connectivity index is 2.08. The maximum Gasteiger partial charge on any atom is 0.222 e. The van der Waals surface area contributed by atoms with Crippen LogP contribution in [-0.4, -0.2) is 29.9 Å². The largest absolute Gasteiger partial charge is 0.341 e. The third-order valence-electron chi connectivity index (χ3n) is 4.16. The van der Waals surface area contributed by atoms with Crippen LogP contribution >= 0.6 is 0 Å². The average molecular weight is 274 g/mol. The number of nitrogens with zero attached hydrogens (tertiary/aromatic N) is 1. The quantitative estimate of drug-likeness (QED) is 0.917. The van der Waals surface area contributed by atoms with Gasteiger partial charge in [-0.2, -0.15) is 0 Å². The smallest absolute Gasteiger partial charge is 0.222 e. The van der Waals surface area contributed by atoms with Crippen molar-refractivity contribution in [2.75, 3.05) is 13.1 Å². The van der Waals surface area contributed by atoms with Gasteiger partial charge in [0.1, 0.15) is 0 Å². The molecule has 1 aliphatic rings. The SMILES string of the molecule is CCCC(=O)N1CC(N)CC(c2ccc(CC)cc2)C1. The van der Waals surface area contributed by atoms with Crippen LogP contribution in [-0.2, 0) is 11.2 Å². The van der Waals surface area contributed by atoms with Crippen molar-refractivity contribution in [2.24, 2.45) is 5.73 Å². The van der Waals surface area contributed by atoms with E-state index in [-0.39, 0.29) is 11.9 Å². The van der Waals surface area contributed by atoms with Crippen molar-refractivity contribution in [1.82, 2.24) is 4.90 Å². The number of hydrogen-bond acceptors (Lipinski definition) is 2. The molecular weight excluding hydrogens is 248 g/mol. The van der Waals surface area contributed by atoms with E-state index in [1.807, 2.05) is 11.8 Å². The molecule has 0 bridgehead atoms. The Hall–Kier alpha value is -1.35. The molecule has 1 aliphatic heterocycles. The van der Waals surface area contributed by atoms with E-state index < -0.39 is 0 Å². The first-order chi connectivity index (χ1) is 9.63. The molecule has 110 valence electrons. The summed E-state index contributed by atoms with van der Waals surface area (Å²) in [5.74, 6) is 0.628. The molecule has 2 atom stereocenters. The van der Waals surface area contributed by atoms with Crippen molar-refractivity contribution < 1.29 is 4.79 Å². The summed E-state index contributed by atoms with van der Waals surface area (Å²) in [6.45, 7) is 5.74. The number of carbonyl (C=O) groups is 1. The standard InChI is InChI=1S/C17H26N2O/c1-3-5-17(20)19-11-15(10-16(18)12-19)14-8-6-13(4-2)7-9-14/h6-9,15-16H,3-5,10-12,18H2,1-2H3. The Labute approximate surface area is 122 Å². The summed E-state index contributed by atoms with van der Waals surface area (Å²) in [5.41, 5.74) is 8.82. The Bertz CT molecular complexity index is 441. The van der Waals surface area contributed by atoms with Gasteiger partial charge in [-0.05, 0) is 30.4 Å². The van der Waals surface area contributed by atoms with Gasteiger partial charge in [-0.3, -0.25) is 4.79 Å². The number of nitrogens with two attached hydrogens (primary N) is 1. The van der Waals surface area contributed by atoms with Gasteiger partial charge in [0.05, 0.1) is 0 Å². The molecule has 2 unspecified atom stereocenters. The highest BCUT2D eigenvalue weighted by Gasteiger charge is 2.28. The molecule has 0 spiro atoms. The molecule has 3 nitrogen and oxygen atoms in total. The molecule has 1 aromatic rings. The third kappa shape index (κ3) is 3.60. The van der Waals surface area contributed by atoms with E-state index in [9.17, 15) is 4.79 Å². The molecule has 1 saturated heterocycles. The molecular formula is C17H26N2O. The summed E-state index contributed by atoms with van der Waals surface area (Å²) in [6, 6.07) is 8.87. The second-order valence-corrected chi connectivity index (χ2v) is 5.84. The van der Waals surface area contributed by atoms with Crippen molar-refractivity contribution in [1.29, 1.82) is 0 Å². The van der Waals surface area contributed by atoms with Crippen LogP contribution in [0.4, 0.5) is 0 Å². The predicted molar refractivity (Wildman–Crippen MR) is 82.6 cm³/mol. The first-order valence-electron chi connectivity index (χ1n) is 7.76. The van der Waals surface area contributed by atoms with Crippen molar-refractivity contribution in [3.8, 4) is 0 Å². The lowest BCUT2D eigenvalue weighted by Gasteiger charge is -2.36. The molecule has 1 amide bonds. The van der Waals surface area contributed by atoms with Crippen LogP contribution in [0.3, 0.4) is 0 Å². The molecule has 1 fully saturated rings. The fourth-order valence-corrected chi connectivity index (χ4v) is 2.98. The lowest BCUT2D eigenvalue weighted by atomic mass is 9.87. The van der Waals surface area contributed by atoms with Crippen LogP contribution in [0, 0.1) is 0 Å². The number of aryl methyl sites for hydroxylation is 1.